The Morgan fingerprint density at radius 2 is 2.28 bits per heavy atom. The number of carboxylic acid groups (broad SMARTS) is 1. The molecular formula is C12H15N3O3. The van der Waals surface area contributed by atoms with Crippen molar-refractivity contribution in [3.05, 3.63) is 41.1 Å². The maximum absolute atomic E-state index is 10.6. The molecule has 2 aromatic heterocycles. The molecule has 0 saturated carbocycles. The SMILES string of the molecule is Cc1nn(C)cc1CNCc1ccc(C(=O)O)o1. The highest BCUT2D eigenvalue weighted by Crippen LogP contribution is 2.08. The van der Waals surface area contributed by atoms with Gasteiger partial charge in [0.15, 0.2) is 0 Å². The molecule has 0 amide bonds. The Balaban J connectivity index is 1.88. The predicted molar refractivity (Wildman–Crippen MR) is 64.2 cm³/mol. The zero-order chi connectivity index (χ0) is 13.1. The van der Waals surface area contributed by atoms with E-state index in [1.807, 2.05) is 20.2 Å². The third-order valence-electron chi connectivity index (χ3n) is 2.60. The van der Waals surface area contributed by atoms with Crippen LogP contribution in [0.4, 0.5) is 0 Å². The van der Waals surface area contributed by atoms with Crippen LogP contribution in [0.15, 0.2) is 22.7 Å². The fraction of sp³-hybridized carbons (Fsp3) is 0.333. The van der Waals surface area contributed by atoms with E-state index >= 15 is 0 Å². The average molecular weight is 249 g/mol. The molecule has 18 heavy (non-hydrogen) atoms. The van der Waals surface area contributed by atoms with Crippen molar-refractivity contribution in [2.75, 3.05) is 0 Å². The number of hydrogen-bond donors (Lipinski definition) is 2. The van der Waals surface area contributed by atoms with Gasteiger partial charge in [-0.05, 0) is 19.1 Å². The second kappa shape index (κ2) is 5.05. The first-order chi connectivity index (χ1) is 8.56. The van der Waals surface area contributed by atoms with Crippen LogP contribution >= 0.6 is 0 Å². The van der Waals surface area contributed by atoms with Crippen molar-refractivity contribution in [1.82, 2.24) is 15.1 Å². The number of hydrogen-bond acceptors (Lipinski definition) is 4. The normalized spacial score (nSPS) is 10.8. The number of aromatic carboxylic acids is 1. The molecule has 2 heterocycles. The fourth-order valence-corrected chi connectivity index (χ4v) is 1.73. The highest BCUT2D eigenvalue weighted by molar-refractivity contribution is 5.84. The van der Waals surface area contributed by atoms with Crippen LogP contribution in [-0.4, -0.2) is 20.9 Å². The Labute approximate surface area is 104 Å². The molecule has 6 nitrogen and oxygen atoms in total. The quantitative estimate of drug-likeness (QED) is 0.835. The number of furan rings is 1. The summed E-state index contributed by atoms with van der Waals surface area (Å²) in [5.74, 6) is -0.484. The van der Waals surface area contributed by atoms with Gasteiger partial charge in [0.2, 0.25) is 5.76 Å². The van der Waals surface area contributed by atoms with Crippen LogP contribution in [0.25, 0.3) is 0 Å². The first-order valence-electron chi connectivity index (χ1n) is 5.58. The van der Waals surface area contributed by atoms with Gasteiger partial charge in [-0.2, -0.15) is 5.10 Å². The third-order valence-corrected chi connectivity index (χ3v) is 2.60. The van der Waals surface area contributed by atoms with Crippen LogP contribution in [0, 0.1) is 6.92 Å². The molecule has 0 aliphatic carbocycles. The molecule has 0 saturated heterocycles. The van der Waals surface area contributed by atoms with Crippen molar-refractivity contribution in [2.45, 2.75) is 20.0 Å². The Bertz CT molecular complexity index is 557. The van der Waals surface area contributed by atoms with Gasteiger partial charge in [0, 0.05) is 25.4 Å². The zero-order valence-electron chi connectivity index (χ0n) is 10.3. The van der Waals surface area contributed by atoms with Gasteiger partial charge in [0.25, 0.3) is 0 Å². The van der Waals surface area contributed by atoms with Crippen LogP contribution in [0.3, 0.4) is 0 Å². The smallest absolute Gasteiger partial charge is 0.371 e. The van der Waals surface area contributed by atoms with E-state index in [-0.39, 0.29) is 5.76 Å². The summed E-state index contributed by atoms with van der Waals surface area (Å²) < 4.78 is 6.90. The largest absolute Gasteiger partial charge is 0.475 e. The van der Waals surface area contributed by atoms with Gasteiger partial charge < -0.3 is 14.8 Å². The van der Waals surface area contributed by atoms with Crippen molar-refractivity contribution in [3.8, 4) is 0 Å². The van der Waals surface area contributed by atoms with E-state index in [0.29, 0.717) is 18.8 Å². The summed E-state index contributed by atoms with van der Waals surface area (Å²) in [4.78, 5) is 10.6. The molecule has 2 aromatic rings. The van der Waals surface area contributed by atoms with E-state index in [9.17, 15) is 4.79 Å². The summed E-state index contributed by atoms with van der Waals surface area (Å²) in [6.07, 6.45) is 1.95. The van der Waals surface area contributed by atoms with Crippen LogP contribution in [-0.2, 0) is 20.1 Å². The van der Waals surface area contributed by atoms with Crippen molar-refractivity contribution in [3.63, 3.8) is 0 Å². The lowest BCUT2D eigenvalue weighted by molar-refractivity contribution is 0.0660. The van der Waals surface area contributed by atoms with Crippen molar-refractivity contribution < 1.29 is 14.3 Å². The first-order valence-corrected chi connectivity index (χ1v) is 5.58. The van der Waals surface area contributed by atoms with Gasteiger partial charge in [0.05, 0.1) is 12.2 Å². The molecule has 0 aliphatic rings. The molecule has 2 N–H and O–H groups in total. The summed E-state index contributed by atoms with van der Waals surface area (Å²) in [5.41, 5.74) is 2.10. The summed E-state index contributed by atoms with van der Waals surface area (Å²) in [6, 6.07) is 3.11. The van der Waals surface area contributed by atoms with Crippen LogP contribution in [0.5, 0.6) is 0 Å². The topological polar surface area (TPSA) is 80.3 Å². The molecule has 96 valence electrons. The molecule has 0 fully saturated rings. The molecule has 0 aromatic carbocycles. The summed E-state index contributed by atoms with van der Waals surface area (Å²) >= 11 is 0. The Morgan fingerprint density at radius 3 is 2.83 bits per heavy atom. The highest BCUT2D eigenvalue weighted by Gasteiger charge is 2.08. The van der Waals surface area contributed by atoms with E-state index in [4.69, 9.17) is 9.52 Å². The number of nitrogens with one attached hydrogen (secondary N) is 1. The third kappa shape index (κ3) is 2.78. The molecule has 0 spiro atoms. The number of aromatic nitrogens is 2. The second-order valence-corrected chi connectivity index (χ2v) is 4.09. The molecule has 6 heteroatoms. The van der Waals surface area contributed by atoms with Crippen molar-refractivity contribution >= 4 is 5.97 Å². The minimum atomic E-state index is -1.05. The fourth-order valence-electron chi connectivity index (χ4n) is 1.73. The number of aryl methyl sites for hydroxylation is 2. The highest BCUT2D eigenvalue weighted by atomic mass is 16.4. The van der Waals surface area contributed by atoms with E-state index in [2.05, 4.69) is 10.4 Å². The van der Waals surface area contributed by atoms with Crippen LogP contribution < -0.4 is 5.32 Å². The molecule has 0 bridgehead atoms. The van der Waals surface area contributed by atoms with Crippen LogP contribution in [0.2, 0.25) is 0 Å². The van der Waals surface area contributed by atoms with Crippen LogP contribution in [0.1, 0.15) is 27.6 Å². The van der Waals surface area contributed by atoms with E-state index in [0.717, 1.165) is 11.3 Å². The molecular weight excluding hydrogens is 234 g/mol. The van der Waals surface area contributed by atoms with Gasteiger partial charge in [-0.15, -0.1) is 0 Å². The van der Waals surface area contributed by atoms with Gasteiger partial charge in [-0.3, -0.25) is 4.68 Å². The van der Waals surface area contributed by atoms with Gasteiger partial charge in [0.1, 0.15) is 5.76 Å². The average Bonchev–Trinajstić information content (AvgIpc) is 2.87. The molecule has 0 atom stereocenters. The summed E-state index contributed by atoms with van der Waals surface area (Å²) in [6.45, 7) is 3.11. The zero-order valence-corrected chi connectivity index (χ0v) is 10.3. The maximum Gasteiger partial charge on any atom is 0.371 e. The molecule has 2 rings (SSSR count). The van der Waals surface area contributed by atoms with E-state index in [1.165, 1.54) is 6.07 Å². The van der Waals surface area contributed by atoms with E-state index < -0.39 is 5.97 Å². The molecule has 0 aliphatic heterocycles. The molecule has 0 radical (unpaired) electrons. The Hall–Kier alpha value is -2.08. The van der Waals surface area contributed by atoms with Crippen molar-refractivity contribution in [2.24, 2.45) is 7.05 Å². The predicted octanol–water partition coefficient (Wildman–Crippen LogP) is 1.31. The summed E-state index contributed by atoms with van der Waals surface area (Å²) in [7, 11) is 1.88. The lowest BCUT2D eigenvalue weighted by Gasteiger charge is -2.01. The second-order valence-electron chi connectivity index (χ2n) is 4.09. The maximum atomic E-state index is 10.6. The monoisotopic (exact) mass is 249 g/mol. The van der Waals surface area contributed by atoms with Crippen molar-refractivity contribution in [1.29, 1.82) is 0 Å². The minimum Gasteiger partial charge on any atom is -0.475 e. The van der Waals surface area contributed by atoms with E-state index in [1.54, 1.807) is 10.7 Å². The van der Waals surface area contributed by atoms with Gasteiger partial charge >= 0.3 is 5.97 Å². The molecule has 0 unspecified atom stereocenters. The minimum absolute atomic E-state index is 0.0376. The van der Waals surface area contributed by atoms with Gasteiger partial charge in [-0.25, -0.2) is 4.79 Å². The van der Waals surface area contributed by atoms with Gasteiger partial charge in [-0.1, -0.05) is 0 Å². The number of nitrogens with zero attached hydrogens (tertiary/aromatic N) is 2. The lowest BCUT2D eigenvalue weighted by Crippen LogP contribution is -2.12. The first kappa shape index (κ1) is 12.4. The number of carbonyl (C=O) groups is 1. The Morgan fingerprint density at radius 1 is 1.50 bits per heavy atom. The standard InChI is InChI=1S/C12H15N3O3/c1-8-9(7-15(2)14-8)5-13-6-10-3-4-11(18-10)12(16)17/h3-4,7,13H,5-6H2,1-2H3,(H,16,17). The summed E-state index contributed by atoms with van der Waals surface area (Å²) in [5, 5.41) is 16.1. The number of carboxylic acids is 1. The number of rotatable bonds is 5. The lowest BCUT2D eigenvalue weighted by atomic mass is 10.2. The Kier molecular flexibility index (Phi) is 3.47.